The molecule has 3 N–H and O–H groups in total. The number of nitrogens with one attached hydrogen (secondary N) is 3. The summed E-state index contributed by atoms with van der Waals surface area (Å²) in [6.45, 7) is 10.5. The second kappa shape index (κ2) is 11.8. The maximum atomic E-state index is 11.9. The van der Waals surface area contributed by atoms with Crippen LogP contribution < -0.4 is 20.7 Å². The fourth-order valence-electron chi connectivity index (χ4n) is 2.56. The fourth-order valence-corrected chi connectivity index (χ4v) is 2.56. The molecule has 0 spiro atoms. The number of aryl methyl sites for hydroxylation is 1. The van der Waals surface area contributed by atoms with Gasteiger partial charge >= 0.3 is 0 Å². The van der Waals surface area contributed by atoms with Crippen LogP contribution in [0.4, 0.5) is 0 Å². The Morgan fingerprint density at radius 1 is 1.17 bits per heavy atom. The number of hydrogen-bond acceptors (Lipinski definition) is 4. The van der Waals surface area contributed by atoms with Gasteiger partial charge < -0.3 is 25.1 Å². The lowest BCUT2D eigenvalue weighted by atomic mass is 10.1. The highest BCUT2D eigenvalue weighted by Crippen LogP contribution is 2.23. The molecule has 7 nitrogen and oxygen atoms in total. The highest BCUT2D eigenvalue weighted by Gasteiger charge is 2.09. The molecule has 1 aromatic carbocycles. The van der Waals surface area contributed by atoms with Gasteiger partial charge in [-0.3, -0.25) is 4.79 Å². The Kier molecular flexibility index (Phi) is 9.08. The molecule has 1 aromatic heterocycles. The molecule has 7 heteroatoms. The molecule has 0 aliphatic rings. The Morgan fingerprint density at radius 3 is 2.66 bits per heavy atom. The highest BCUT2D eigenvalue weighted by atomic mass is 16.5. The monoisotopic (exact) mass is 400 g/mol. The third kappa shape index (κ3) is 7.52. The molecule has 0 saturated heterocycles. The Bertz CT molecular complexity index is 787. The van der Waals surface area contributed by atoms with Crippen molar-refractivity contribution in [2.45, 2.75) is 46.8 Å². The van der Waals surface area contributed by atoms with Crippen LogP contribution in [0.2, 0.25) is 0 Å². The zero-order valence-corrected chi connectivity index (χ0v) is 17.7. The van der Waals surface area contributed by atoms with E-state index in [1.165, 1.54) is 6.26 Å². The molecular weight excluding hydrogens is 368 g/mol. The molecule has 0 aliphatic heterocycles. The van der Waals surface area contributed by atoms with Crippen LogP contribution in [-0.2, 0) is 6.54 Å². The van der Waals surface area contributed by atoms with E-state index in [1.807, 2.05) is 6.92 Å². The summed E-state index contributed by atoms with van der Waals surface area (Å²) >= 11 is 0. The minimum absolute atomic E-state index is 0.156. The van der Waals surface area contributed by atoms with E-state index in [2.05, 4.69) is 59.9 Å². The second-order valence-corrected chi connectivity index (χ2v) is 6.80. The number of rotatable bonds is 10. The van der Waals surface area contributed by atoms with E-state index in [0.717, 1.165) is 29.8 Å². The smallest absolute Gasteiger partial charge is 0.287 e. The van der Waals surface area contributed by atoms with Gasteiger partial charge in [0.15, 0.2) is 11.7 Å². The van der Waals surface area contributed by atoms with Gasteiger partial charge in [-0.2, -0.15) is 0 Å². The predicted octanol–water partition coefficient (Wildman–Crippen LogP) is 3.25. The first-order valence-electron chi connectivity index (χ1n) is 10.1. The lowest BCUT2D eigenvalue weighted by Crippen LogP contribution is -2.41. The predicted molar refractivity (Wildman–Crippen MR) is 115 cm³/mol. The molecule has 0 fully saturated rings. The van der Waals surface area contributed by atoms with Crippen LogP contribution in [0, 0.1) is 6.92 Å². The maximum absolute atomic E-state index is 11.9. The summed E-state index contributed by atoms with van der Waals surface area (Å²) < 4.78 is 11.1. The van der Waals surface area contributed by atoms with Crippen LogP contribution in [-0.4, -0.2) is 37.6 Å². The molecule has 0 bridgehead atoms. The minimum atomic E-state index is -0.231. The van der Waals surface area contributed by atoms with Crippen LogP contribution in [0.3, 0.4) is 0 Å². The third-order valence-electron chi connectivity index (χ3n) is 4.33. The molecular formula is C22H32N4O3. The second-order valence-electron chi connectivity index (χ2n) is 6.80. The summed E-state index contributed by atoms with van der Waals surface area (Å²) in [5, 5.41) is 9.25. The number of aliphatic imine (C=N–C) groups is 1. The number of guanidine groups is 1. The van der Waals surface area contributed by atoms with E-state index in [9.17, 15) is 4.79 Å². The summed E-state index contributed by atoms with van der Waals surface area (Å²) in [5.74, 6) is 1.64. The van der Waals surface area contributed by atoms with E-state index in [0.29, 0.717) is 31.4 Å². The molecule has 1 unspecified atom stereocenters. The van der Waals surface area contributed by atoms with Gasteiger partial charge in [0.1, 0.15) is 5.75 Å². The summed E-state index contributed by atoms with van der Waals surface area (Å²) in [4.78, 5) is 16.5. The largest absolute Gasteiger partial charge is 0.490 e. The van der Waals surface area contributed by atoms with Crippen LogP contribution in [0.25, 0.3) is 0 Å². The van der Waals surface area contributed by atoms with Gasteiger partial charge in [0, 0.05) is 25.2 Å². The fraction of sp³-hybridized carbons (Fsp3) is 0.455. The Hall–Kier alpha value is -2.96. The zero-order chi connectivity index (χ0) is 21.1. The molecule has 158 valence electrons. The zero-order valence-electron chi connectivity index (χ0n) is 17.7. The van der Waals surface area contributed by atoms with E-state index in [-0.39, 0.29) is 12.0 Å². The number of amides is 1. The Labute approximate surface area is 172 Å². The van der Waals surface area contributed by atoms with Crippen LogP contribution in [0.5, 0.6) is 5.75 Å². The molecule has 0 saturated carbocycles. The van der Waals surface area contributed by atoms with Gasteiger partial charge in [-0.05, 0) is 51.0 Å². The van der Waals surface area contributed by atoms with Crippen molar-refractivity contribution in [3.63, 3.8) is 0 Å². The summed E-state index contributed by atoms with van der Waals surface area (Å²) in [6.07, 6.45) is 2.58. The first kappa shape index (κ1) is 22.3. The van der Waals surface area contributed by atoms with Gasteiger partial charge in [-0.25, -0.2) is 4.99 Å². The van der Waals surface area contributed by atoms with Gasteiger partial charge in [-0.1, -0.05) is 19.1 Å². The summed E-state index contributed by atoms with van der Waals surface area (Å²) in [7, 11) is 0. The number of hydrogen-bond donors (Lipinski definition) is 3. The summed E-state index contributed by atoms with van der Waals surface area (Å²) in [6, 6.07) is 9.51. The number of ether oxygens (including phenoxy) is 1. The number of nitrogens with zero attached hydrogens (tertiary/aromatic N) is 1. The first-order valence-corrected chi connectivity index (χ1v) is 10.1. The number of carbonyl (C=O) groups is 1. The standard InChI is InChI=1S/C22H32N4O3/c1-5-17(4)29-20-14-16(3)9-10-18(20)15-26-22(23-6-2)25-12-11-24-21(27)19-8-7-13-28-19/h7-10,13-14,17H,5-6,11-12,15H2,1-4H3,(H,24,27)(H2,23,25,26). The number of furan rings is 1. The number of benzene rings is 1. The van der Waals surface area contributed by atoms with Crippen molar-refractivity contribution in [1.82, 2.24) is 16.0 Å². The van der Waals surface area contributed by atoms with Crippen LogP contribution in [0.15, 0.2) is 46.0 Å². The normalized spacial score (nSPS) is 12.3. The van der Waals surface area contributed by atoms with Crippen molar-refractivity contribution in [2.75, 3.05) is 19.6 Å². The lowest BCUT2D eigenvalue weighted by molar-refractivity contribution is 0.0926. The van der Waals surface area contributed by atoms with Gasteiger partial charge in [-0.15, -0.1) is 0 Å². The molecule has 1 atom stereocenters. The minimum Gasteiger partial charge on any atom is -0.490 e. The van der Waals surface area contributed by atoms with Crippen molar-refractivity contribution in [2.24, 2.45) is 4.99 Å². The van der Waals surface area contributed by atoms with E-state index >= 15 is 0 Å². The van der Waals surface area contributed by atoms with E-state index < -0.39 is 0 Å². The van der Waals surface area contributed by atoms with Crippen LogP contribution in [0.1, 0.15) is 48.9 Å². The molecule has 1 amide bonds. The first-order chi connectivity index (χ1) is 14.0. The van der Waals surface area contributed by atoms with Crippen molar-refractivity contribution in [3.8, 4) is 5.75 Å². The molecule has 29 heavy (non-hydrogen) atoms. The number of carbonyl (C=O) groups excluding carboxylic acids is 1. The Morgan fingerprint density at radius 2 is 1.97 bits per heavy atom. The average Bonchev–Trinajstić information content (AvgIpc) is 3.25. The van der Waals surface area contributed by atoms with Crippen molar-refractivity contribution < 1.29 is 13.9 Å². The topological polar surface area (TPSA) is 87.9 Å². The molecule has 2 rings (SSSR count). The maximum Gasteiger partial charge on any atom is 0.287 e. The molecule has 1 heterocycles. The van der Waals surface area contributed by atoms with Crippen molar-refractivity contribution >= 4 is 11.9 Å². The van der Waals surface area contributed by atoms with Gasteiger partial charge in [0.2, 0.25) is 0 Å². The lowest BCUT2D eigenvalue weighted by Gasteiger charge is -2.17. The third-order valence-corrected chi connectivity index (χ3v) is 4.33. The van der Waals surface area contributed by atoms with Crippen LogP contribution >= 0.6 is 0 Å². The molecule has 0 aliphatic carbocycles. The molecule has 2 aromatic rings. The summed E-state index contributed by atoms with van der Waals surface area (Å²) in [5.41, 5.74) is 2.20. The van der Waals surface area contributed by atoms with Crippen molar-refractivity contribution in [1.29, 1.82) is 0 Å². The Balaban J connectivity index is 1.92. The van der Waals surface area contributed by atoms with Gasteiger partial charge in [0.25, 0.3) is 5.91 Å². The molecule has 0 radical (unpaired) electrons. The van der Waals surface area contributed by atoms with E-state index in [1.54, 1.807) is 12.1 Å². The SMILES string of the molecule is CCNC(=NCc1ccc(C)cc1OC(C)CC)NCCNC(=O)c1ccco1. The quantitative estimate of drug-likeness (QED) is 0.324. The van der Waals surface area contributed by atoms with Crippen molar-refractivity contribution in [3.05, 3.63) is 53.5 Å². The highest BCUT2D eigenvalue weighted by molar-refractivity contribution is 5.91. The van der Waals surface area contributed by atoms with Gasteiger partial charge in [0.05, 0.1) is 18.9 Å². The van der Waals surface area contributed by atoms with E-state index in [4.69, 9.17) is 9.15 Å². The average molecular weight is 401 g/mol.